The van der Waals surface area contributed by atoms with Crippen LogP contribution in [0.1, 0.15) is 57.8 Å². The van der Waals surface area contributed by atoms with Crippen LogP contribution >= 0.6 is 0 Å². The van der Waals surface area contributed by atoms with Gasteiger partial charge in [-0.25, -0.2) is 14.8 Å². The first-order valence-electron chi connectivity index (χ1n) is 14.2. The van der Waals surface area contributed by atoms with Crippen LogP contribution < -0.4 is 4.74 Å². The van der Waals surface area contributed by atoms with Crippen LogP contribution in [0.4, 0.5) is 4.79 Å². The number of piperidine rings is 1. The number of carbonyl (C=O) groups excluding carboxylic acids is 1. The van der Waals surface area contributed by atoms with Gasteiger partial charge in [0.05, 0.1) is 24.5 Å². The van der Waals surface area contributed by atoms with E-state index in [1.54, 1.807) is 17.0 Å². The van der Waals surface area contributed by atoms with Crippen molar-refractivity contribution in [2.45, 2.75) is 58.6 Å². The van der Waals surface area contributed by atoms with Crippen LogP contribution in [-0.4, -0.2) is 64.0 Å². The van der Waals surface area contributed by atoms with Crippen LogP contribution in [0.25, 0.3) is 22.3 Å². The zero-order valence-electron chi connectivity index (χ0n) is 23.9. The minimum Gasteiger partial charge on any atom is -0.492 e. The van der Waals surface area contributed by atoms with Crippen molar-refractivity contribution >= 4 is 17.1 Å². The number of nitrogens with zero attached hydrogens (tertiary/aromatic N) is 6. The van der Waals surface area contributed by atoms with E-state index >= 15 is 0 Å². The highest BCUT2D eigenvalue weighted by Gasteiger charge is 2.27. The number of fused-ring (bicyclic) bond motifs is 1. The summed E-state index contributed by atoms with van der Waals surface area (Å²) in [6.45, 7) is 9.71. The van der Waals surface area contributed by atoms with Crippen molar-refractivity contribution < 1.29 is 19.0 Å². The minimum absolute atomic E-state index is 0.0895. The molecule has 2 aliphatic rings. The number of hydrogen-bond acceptors (Lipinski definition) is 8. The molecule has 0 radical (unpaired) electrons. The van der Waals surface area contributed by atoms with Gasteiger partial charge in [0.15, 0.2) is 0 Å². The number of benzene rings is 1. The molecule has 0 bridgehead atoms. The topological polar surface area (TPSA) is 126 Å². The summed E-state index contributed by atoms with van der Waals surface area (Å²) in [6.07, 6.45) is 5.35. The smallest absolute Gasteiger partial charge is 0.410 e. The molecule has 41 heavy (non-hydrogen) atoms. The van der Waals surface area contributed by atoms with Crippen molar-refractivity contribution in [2.75, 3.05) is 32.9 Å². The zero-order chi connectivity index (χ0) is 29.0. The van der Waals surface area contributed by atoms with Crippen molar-refractivity contribution in [1.82, 2.24) is 19.4 Å². The van der Waals surface area contributed by atoms with Gasteiger partial charge in [0, 0.05) is 49.3 Å². The Morgan fingerprint density at radius 1 is 1.10 bits per heavy atom. The number of aromatic nitrogens is 3. The summed E-state index contributed by atoms with van der Waals surface area (Å²) in [5, 5.41) is 20.3. The second kappa shape index (κ2) is 12.2. The molecule has 0 aliphatic carbocycles. The number of rotatable bonds is 7. The fourth-order valence-electron chi connectivity index (χ4n) is 5.44. The minimum atomic E-state index is -0.497. The molecule has 1 atom stereocenters. The summed E-state index contributed by atoms with van der Waals surface area (Å²) in [5.74, 6) is 1.46. The van der Waals surface area contributed by atoms with Gasteiger partial charge in [-0.05, 0) is 76.6 Å². The zero-order valence-corrected chi connectivity index (χ0v) is 23.9. The molecule has 0 N–H and O–H groups in total. The van der Waals surface area contributed by atoms with Gasteiger partial charge >= 0.3 is 6.09 Å². The molecule has 0 saturated carbocycles. The normalized spacial score (nSPS) is 17.8. The third-order valence-electron chi connectivity index (χ3n) is 7.62. The molecule has 2 aromatic heterocycles. The molecule has 2 saturated heterocycles. The number of amides is 1. The largest absolute Gasteiger partial charge is 0.492 e. The predicted octanol–water partition coefficient (Wildman–Crippen LogP) is 5.29. The van der Waals surface area contributed by atoms with E-state index in [0.717, 1.165) is 56.4 Å². The Balaban J connectivity index is 1.24. The van der Waals surface area contributed by atoms with Gasteiger partial charge in [0.25, 0.3) is 0 Å². The molecule has 1 aromatic carbocycles. The average Bonchev–Trinajstić information content (AvgIpc) is 3.62. The number of carbonyl (C=O) groups is 1. The van der Waals surface area contributed by atoms with E-state index in [2.05, 4.69) is 26.7 Å². The van der Waals surface area contributed by atoms with Gasteiger partial charge in [0.1, 0.15) is 29.1 Å². The predicted molar refractivity (Wildman–Crippen MR) is 152 cm³/mol. The van der Waals surface area contributed by atoms with Crippen molar-refractivity contribution in [3.8, 4) is 29.1 Å². The Hall–Kier alpha value is -4.15. The van der Waals surface area contributed by atoms with Crippen LogP contribution in [0.15, 0.2) is 30.5 Å². The lowest BCUT2D eigenvalue weighted by atomic mass is 9.94. The first kappa shape index (κ1) is 28.4. The average molecular weight is 557 g/mol. The van der Waals surface area contributed by atoms with Crippen molar-refractivity contribution in [2.24, 2.45) is 11.8 Å². The molecule has 1 amide bonds. The first-order valence-corrected chi connectivity index (χ1v) is 14.2. The van der Waals surface area contributed by atoms with Gasteiger partial charge in [0.2, 0.25) is 5.82 Å². The summed E-state index contributed by atoms with van der Waals surface area (Å²) in [7, 11) is 0. The lowest BCUT2D eigenvalue weighted by Gasteiger charge is -2.33. The Morgan fingerprint density at radius 2 is 1.90 bits per heavy atom. The van der Waals surface area contributed by atoms with Crippen molar-refractivity contribution in [1.29, 1.82) is 10.5 Å². The maximum absolute atomic E-state index is 12.3. The van der Waals surface area contributed by atoms with Crippen LogP contribution in [-0.2, 0) is 16.0 Å². The third-order valence-corrected chi connectivity index (χ3v) is 7.62. The van der Waals surface area contributed by atoms with Crippen LogP contribution in [0.3, 0.4) is 0 Å². The maximum Gasteiger partial charge on any atom is 0.410 e. The van der Waals surface area contributed by atoms with Crippen molar-refractivity contribution in [3.05, 3.63) is 41.9 Å². The molecular weight excluding hydrogens is 520 g/mol. The van der Waals surface area contributed by atoms with Gasteiger partial charge in [-0.3, -0.25) is 0 Å². The molecule has 2 fully saturated rings. The summed E-state index contributed by atoms with van der Waals surface area (Å²) in [6, 6.07) is 11.7. The van der Waals surface area contributed by atoms with E-state index < -0.39 is 5.60 Å². The number of likely N-dealkylation sites (tertiary alicyclic amines) is 1. The van der Waals surface area contributed by atoms with Gasteiger partial charge < -0.3 is 23.7 Å². The summed E-state index contributed by atoms with van der Waals surface area (Å²) in [5.41, 5.74) is 1.97. The molecule has 1 unspecified atom stereocenters. The highest BCUT2D eigenvalue weighted by molar-refractivity contribution is 5.91. The third kappa shape index (κ3) is 6.78. The molecule has 214 valence electrons. The highest BCUT2D eigenvalue weighted by Crippen LogP contribution is 2.32. The Morgan fingerprint density at radius 3 is 2.59 bits per heavy atom. The molecule has 10 nitrogen and oxygen atoms in total. The number of nitriles is 2. The van der Waals surface area contributed by atoms with Gasteiger partial charge in [-0.2, -0.15) is 10.5 Å². The molecular formula is C31H36N6O4. The SMILES string of the molecule is CC(C)(C)OC(=O)N1CCC(CCOc2ccc(-c3nc(C#N)nc4c3ccn4CC3CCOC3)cc2C#N)CC1. The quantitative estimate of drug-likeness (QED) is 0.384. The molecule has 4 heterocycles. The van der Waals surface area contributed by atoms with E-state index in [4.69, 9.17) is 14.2 Å². The molecule has 2 aliphatic heterocycles. The van der Waals surface area contributed by atoms with Crippen molar-refractivity contribution in [3.63, 3.8) is 0 Å². The molecule has 0 spiro atoms. The maximum atomic E-state index is 12.3. The van der Waals surface area contributed by atoms with E-state index in [0.29, 0.717) is 54.2 Å². The second-order valence-electron chi connectivity index (χ2n) is 11.8. The summed E-state index contributed by atoms with van der Waals surface area (Å²) < 4.78 is 19.1. The molecule has 5 rings (SSSR count). The Kier molecular flexibility index (Phi) is 8.41. The van der Waals surface area contributed by atoms with Gasteiger partial charge in [-0.15, -0.1) is 0 Å². The van der Waals surface area contributed by atoms with Gasteiger partial charge in [-0.1, -0.05) is 0 Å². The fraction of sp³-hybridized carbons (Fsp3) is 0.516. The first-order chi connectivity index (χ1) is 19.7. The van der Waals surface area contributed by atoms with E-state index in [1.807, 2.05) is 39.1 Å². The summed E-state index contributed by atoms with van der Waals surface area (Å²) >= 11 is 0. The second-order valence-corrected chi connectivity index (χ2v) is 11.8. The Bertz CT molecular complexity index is 1480. The molecule has 3 aromatic rings. The highest BCUT2D eigenvalue weighted by atomic mass is 16.6. The van der Waals surface area contributed by atoms with E-state index in [9.17, 15) is 15.3 Å². The van der Waals surface area contributed by atoms with Crippen LogP contribution in [0, 0.1) is 34.5 Å². The van der Waals surface area contributed by atoms with Crippen LogP contribution in [0.5, 0.6) is 5.75 Å². The van der Waals surface area contributed by atoms with Crippen LogP contribution in [0.2, 0.25) is 0 Å². The number of hydrogen-bond donors (Lipinski definition) is 0. The Labute approximate surface area is 240 Å². The number of ether oxygens (including phenoxy) is 3. The molecule has 10 heteroatoms. The fourth-order valence-corrected chi connectivity index (χ4v) is 5.44. The lowest BCUT2D eigenvalue weighted by Crippen LogP contribution is -2.41. The lowest BCUT2D eigenvalue weighted by molar-refractivity contribution is 0.0177. The van der Waals surface area contributed by atoms with E-state index in [-0.39, 0.29) is 11.9 Å². The standard InChI is InChI=1S/C31H36N6O4/c1-31(2,3)41-30(38)36-11-6-21(7-12-36)10-15-40-26-5-4-23(16-24(26)17-32)28-25-8-13-37(19-22-9-14-39-20-22)29(25)35-27(18-33)34-28/h4-5,8,13,16,21-22H,6-7,9-12,14-15,19-20H2,1-3H3. The summed E-state index contributed by atoms with van der Waals surface area (Å²) in [4.78, 5) is 23.1. The van der Waals surface area contributed by atoms with E-state index in [1.165, 1.54) is 0 Å². The monoisotopic (exact) mass is 556 g/mol.